The number of hydrogen-bond donors (Lipinski definition) is 2. The van der Waals surface area contributed by atoms with Crippen LogP contribution in [0.15, 0.2) is 18.2 Å². The summed E-state index contributed by atoms with van der Waals surface area (Å²) in [4.78, 5) is 0. The van der Waals surface area contributed by atoms with Crippen LogP contribution in [0, 0.1) is 23.5 Å². The first-order valence-electron chi connectivity index (χ1n) is 7.40. The van der Waals surface area contributed by atoms with Gasteiger partial charge in [0.1, 0.15) is 0 Å². The fourth-order valence-electron chi connectivity index (χ4n) is 2.79. The van der Waals surface area contributed by atoms with E-state index < -0.39 is 17.7 Å². The second-order valence-corrected chi connectivity index (χ2v) is 5.97. The Morgan fingerprint density at radius 3 is 2.55 bits per heavy atom. The highest BCUT2D eigenvalue weighted by Crippen LogP contribution is 2.27. The molecule has 0 saturated heterocycles. The minimum absolute atomic E-state index is 0.372. The molecule has 1 unspecified atom stereocenters. The molecule has 0 bridgehead atoms. The van der Waals surface area contributed by atoms with Crippen molar-refractivity contribution in [1.29, 1.82) is 0 Å². The van der Waals surface area contributed by atoms with Gasteiger partial charge in [0.05, 0.1) is 6.10 Å². The molecule has 1 saturated carbocycles. The van der Waals surface area contributed by atoms with Crippen molar-refractivity contribution in [2.45, 2.75) is 38.7 Å². The number of aliphatic hydroxyl groups excluding tert-OH is 1. The molecule has 1 aliphatic rings. The molecule has 1 fully saturated rings. The summed E-state index contributed by atoms with van der Waals surface area (Å²) in [5, 5.41) is 13.2. The maximum atomic E-state index is 13.1. The van der Waals surface area contributed by atoms with Crippen LogP contribution >= 0.6 is 0 Å². The van der Waals surface area contributed by atoms with Crippen LogP contribution in [0.4, 0.5) is 8.78 Å². The van der Waals surface area contributed by atoms with Crippen LogP contribution in [0.3, 0.4) is 0 Å². The zero-order valence-corrected chi connectivity index (χ0v) is 11.9. The Hall–Kier alpha value is -1.00. The van der Waals surface area contributed by atoms with Gasteiger partial charge in [-0.3, -0.25) is 0 Å². The molecule has 1 atom stereocenters. The molecule has 2 rings (SSSR count). The molecule has 2 nitrogen and oxygen atoms in total. The molecule has 20 heavy (non-hydrogen) atoms. The van der Waals surface area contributed by atoms with Gasteiger partial charge in [0.2, 0.25) is 0 Å². The standard InChI is InChI=1S/C16H23F2NO/c1-11-2-4-12(5-3-11)9-19-10-16(20)13-6-7-14(17)15(18)8-13/h6-8,11-12,16,19-20H,2-5,9-10H2,1H3. The fraction of sp³-hybridized carbons (Fsp3) is 0.625. The zero-order valence-electron chi connectivity index (χ0n) is 11.9. The first kappa shape index (κ1) is 15.4. The van der Waals surface area contributed by atoms with Crippen molar-refractivity contribution in [3.8, 4) is 0 Å². The number of nitrogens with one attached hydrogen (secondary N) is 1. The lowest BCUT2D eigenvalue weighted by Gasteiger charge is -2.26. The van der Waals surface area contributed by atoms with E-state index in [0.29, 0.717) is 18.0 Å². The maximum Gasteiger partial charge on any atom is 0.159 e. The van der Waals surface area contributed by atoms with Crippen molar-refractivity contribution in [2.75, 3.05) is 13.1 Å². The fourth-order valence-corrected chi connectivity index (χ4v) is 2.79. The van der Waals surface area contributed by atoms with Crippen LogP contribution < -0.4 is 5.32 Å². The summed E-state index contributed by atoms with van der Waals surface area (Å²) in [6, 6.07) is 3.54. The van der Waals surface area contributed by atoms with Gasteiger partial charge in [0, 0.05) is 6.54 Å². The van der Waals surface area contributed by atoms with Crippen molar-refractivity contribution in [2.24, 2.45) is 11.8 Å². The Labute approximate surface area is 119 Å². The molecule has 0 heterocycles. The van der Waals surface area contributed by atoms with Crippen molar-refractivity contribution in [3.63, 3.8) is 0 Å². The molecule has 0 radical (unpaired) electrons. The van der Waals surface area contributed by atoms with Gasteiger partial charge >= 0.3 is 0 Å². The summed E-state index contributed by atoms with van der Waals surface area (Å²) in [5.41, 5.74) is 0.411. The number of aliphatic hydroxyl groups is 1. The van der Waals surface area contributed by atoms with Gasteiger partial charge in [-0.1, -0.05) is 25.8 Å². The molecule has 1 aromatic carbocycles. The smallest absolute Gasteiger partial charge is 0.159 e. The Morgan fingerprint density at radius 2 is 1.90 bits per heavy atom. The van der Waals surface area contributed by atoms with Crippen molar-refractivity contribution in [3.05, 3.63) is 35.4 Å². The molecule has 0 aromatic heterocycles. The number of halogens is 2. The Morgan fingerprint density at radius 1 is 1.20 bits per heavy atom. The first-order valence-corrected chi connectivity index (χ1v) is 7.40. The number of hydrogen-bond acceptors (Lipinski definition) is 2. The quantitative estimate of drug-likeness (QED) is 0.868. The average Bonchev–Trinajstić information content (AvgIpc) is 2.44. The Bertz CT molecular complexity index is 430. The topological polar surface area (TPSA) is 32.3 Å². The van der Waals surface area contributed by atoms with Crippen LogP contribution in [-0.4, -0.2) is 18.2 Å². The average molecular weight is 283 g/mol. The van der Waals surface area contributed by atoms with E-state index in [0.717, 1.165) is 24.6 Å². The second-order valence-electron chi connectivity index (χ2n) is 5.97. The van der Waals surface area contributed by atoms with Gasteiger partial charge in [0.15, 0.2) is 11.6 Å². The summed E-state index contributed by atoms with van der Waals surface area (Å²) in [6.07, 6.45) is 4.22. The Kier molecular flexibility index (Phi) is 5.49. The third kappa shape index (κ3) is 4.25. The zero-order chi connectivity index (χ0) is 14.5. The summed E-state index contributed by atoms with van der Waals surface area (Å²) >= 11 is 0. The molecule has 0 aliphatic heterocycles. The molecule has 1 aliphatic carbocycles. The molecule has 2 N–H and O–H groups in total. The van der Waals surface area contributed by atoms with Crippen LogP contribution in [0.2, 0.25) is 0 Å². The molecule has 0 amide bonds. The summed E-state index contributed by atoms with van der Waals surface area (Å²) < 4.78 is 25.9. The lowest BCUT2D eigenvalue weighted by Crippen LogP contribution is -2.29. The van der Waals surface area contributed by atoms with E-state index >= 15 is 0 Å². The molecule has 4 heteroatoms. The third-order valence-electron chi connectivity index (χ3n) is 4.23. The van der Waals surface area contributed by atoms with Gasteiger partial charge in [-0.15, -0.1) is 0 Å². The highest BCUT2D eigenvalue weighted by molar-refractivity contribution is 5.20. The van der Waals surface area contributed by atoms with E-state index in [1.807, 2.05) is 0 Å². The minimum Gasteiger partial charge on any atom is -0.387 e. The van der Waals surface area contributed by atoms with Crippen LogP contribution in [0.1, 0.15) is 44.3 Å². The SMILES string of the molecule is CC1CCC(CNCC(O)c2ccc(F)c(F)c2)CC1. The lowest BCUT2D eigenvalue weighted by atomic mass is 9.83. The lowest BCUT2D eigenvalue weighted by molar-refractivity contribution is 0.169. The van der Waals surface area contributed by atoms with Gasteiger partial charge < -0.3 is 10.4 Å². The summed E-state index contributed by atoms with van der Waals surface area (Å²) in [6.45, 7) is 3.54. The largest absolute Gasteiger partial charge is 0.387 e. The van der Waals surface area contributed by atoms with Crippen molar-refractivity contribution < 1.29 is 13.9 Å². The van der Waals surface area contributed by atoms with Gasteiger partial charge in [-0.25, -0.2) is 8.78 Å². The number of rotatable bonds is 5. The van der Waals surface area contributed by atoms with Crippen LogP contribution in [-0.2, 0) is 0 Å². The molecule has 112 valence electrons. The highest BCUT2D eigenvalue weighted by Gasteiger charge is 2.18. The van der Waals surface area contributed by atoms with Crippen LogP contribution in [0.25, 0.3) is 0 Å². The second kappa shape index (κ2) is 7.14. The number of benzene rings is 1. The van der Waals surface area contributed by atoms with E-state index in [9.17, 15) is 13.9 Å². The minimum atomic E-state index is -0.914. The third-order valence-corrected chi connectivity index (χ3v) is 4.23. The van der Waals surface area contributed by atoms with Gasteiger partial charge in [-0.05, 0) is 48.9 Å². The molecule has 1 aromatic rings. The Balaban J connectivity index is 1.74. The summed E-state index contributed by atoms with van der Waals surface area (Å²) in [7, 11) is 0. The van der Waals surface area contributed by atoms with Crippen molar-refractivity contribution >= 4 is 0 Å². The van der Waals surface area contributed by atoms with E-state index in [4.69, 9.17) is 0 Å². The predicted octanol–water partition coefficient (Wildman–Crippen LogP) is 3.41. The van der Waals surface area contributed by atoms with E-state index in [-0.39, 0.29) is 0 Å². The maximum absolute atomic E-state index is 13.1. The van der Waals surface area contributed by atoms with E-state index in [2.05, 4.69) is 12.2 Å². The highest BCUT2D eigenvalue weighted by atomic mass is 19.2. The van der Waals surface area contributed by atoms with Gasteiger partial charge in [0.25, 0.3) is 0 Å². The van der Waals surface area contributed by atoms with E-state index in [1.165, 1.54) is 31.7 Å². The molecular weight excluding hydrogens is 260 g/mol. The van der Waals surface area contributed by atoms with Crippen LogP contribution in [0.5, 0.6) is 0 Å². The van der Waals surface area contributed by atoms with Gasteiger partial charge in [-0.2, -0.15) is 0 Å². The molecular formula is C16H23F2NO. The summed E-state index contributed by atoms with van der Waals surface area (Å²) in [5.74, 6) is -0.296. The predicted molar refractivity (Wildman–Crippen MR) is 75.3 cm³/mol. The normalized spacial score (nSPS) is 24.6. The van der Waals surface area contributed by atoms with E-state index in [1.54, 1.807) is 0 Å². The van der Waals surface area contributed by atoms with Crippen molar-refractivity contribution in [1.82, 2.24) is 5.32 Å². The monoisotopic (exact) mass is 283 g/mol. The molecule has 0 spiro atoms. The first-order chi connectivity index (χ1) is 9.56.